The number of hydrogen-bond acceptors (Lipinski definition) is 4. The van der Waals surface area contributed by atoms with Crippen molar-refractivity contribution in [2.45, 2.75) is 39.7 Å². The maximum Gasteiger partial charge on any atom is 0.167 e. The molecule has 0 aliphatic carbocycles. The first-order chi connectivity index (χ1) is 9.36. The predicted octanol–water partition coefficient (Wildman–Crippen LogP) is 3.41. The quantitative estimate of drug-likeness (QED) is 0.931. The molecule has 0 atom stereocenters. The van der Waals surface area contributed by atoms with Crippen molar-refractivity contribution < 1.29 is 9.26 Å². The summed E-state index contributed by atoms with van der Waals surface area (Å²) in [5.74, 6) is 1.65. The lowest BCUT2D eigenvalue weighted by atomic mass is 9.84. The van der Waals surface area contributed by atoms with Gasteiger partial charge in [-0.3, -0.25) is 0 Å². The highest BCUT2D eigenvalue weighted by Crippen LogP contribution is 2.37. The lowest BCUT2D eigenvalue weighted by Crippen LogP contribution is -2.13. The highest BCUT2D eigenvalue weighted by molar-refractivity contribution is 5.66. The molecule has 2 aromatic rings. The first kappa shape index (κ1) is 14.6. The van der Waals surface area contributed by atoms with E-state index in [2.05, 4.69) is 32.0 Å². The molecule has 0 aliphatic rings. The van der Waals surface area contributed by atoms with Crippen LogP contribution in [0.4, 0.5) is 0 Å². The zero-order valence-corrected chi connectivity index (χ0v) is 12.8. The molecule has 1 aromatic carbocycles. The predicted molar refractivity (Wildman–Crippen MR) is 79.8 cm³/mol. The van der Waals surface area contributed by atoms with E-state index in [1.165, 1.54) is 0 Å². The van der Waals surface area contributed by atoms with E-state index in [0.29, 0.717) is 6.54 Å². The van der Waals surface area contributed by atoms with Gasteiger partial charge in [-0.2, -0.15) is 0 Å². The van der Waals surface area contributed by atoms with Crippen molar-refractivity contribution in [3.05, 3.63) is 35.0 Å². The fraction of sp³-hybridized carbons (Fsp3) is 0.438. The van der Waals surface area contributed by atoms with Gasteiger partial charge in [0.15, 0.2) is 5.76 Å². The van der Waals surface area contributed by atoms with E-state index in [1.54, 1.807) is 7.11 Å². The van der Waals surface area contributed by atoms with Crippen LogP contribution in [0, 0.1) is 6.92 Å². The molecule has 0 radical (unpaired) electrons. The summed E-state index contributed by atoms with van der Waals surface area (Å²) in [7, 11) is 1.70. The summed E-state index contributed by atoms with van der Waals surface area (Å²) >= 11 is 0. The Hall–Kier alpha value is -1.81. The van der Waals surface area contributed by atoms with Crippen molar-refractivity contribution in [1.29, 1.82) is 0 Å². The minimum atomic E-state index is -0.00941. The van der Waals surface area contributed by atoms with Crippen molar-refractivity contribution >= 4 is 0 Å². The Bertz CT molecular complexity index is 609. The lowest BCUT2D eigenvalue weighted by molar-refractivity contribution is 0.396. The van der Waals surface area contributed by atoms with Crippen LogP contribution in [0.1, 0.15) is 37.6 Å². The van der Waals surface area contributed by atoms with Crippen LogP contribution in [0.25, 0.3) is 11.3 Å². The minimum absolute atomic E-state index is 0.00941. The maximum atomic E-state index is 5.58. The van der Waals surface area contributed by atoms with E-state index in [0.717, 1.165) is 33.9 Å². The Morgan fingerprint density at radius 3 is 2.45 bits per heavy atom. The van der Waals surface area contributed by atoms with Crippen LogP contribution in [0.15, 0.2) is 22.7 Å². The monoisotopic (exact) mass is 274 g/mol. The second-order valence-corrected chi connectivity index (χ2v) is 6.00. The molecule has 1 heterocycles. The van der Waals surface area contributed by atoms with E-state index >= 15 is 0 Å². The molecule has 2 N–H and O–H groups in total. The Labute approximate surface area is 119 Å². The van der Waals surface area contributed by atoms with E-state index in [-0.39, 0.29) is 5.41 Å². The highest BCUT2D eigenvalue weighted by Gasteiger charge is 2.22. The van der Waals surface area contributed by atoms with Gasteiger partial charge in [-0.1, -0.05) is 25.9 Å². The summed E-state index contributed by atoms with van der Waals surface area (Å²) in [6.45, 7) is 8.90. The van der Waals surface area contributed by atoms with E-state index in [9.17, 15) is 0 Å². The molecule has 0 saturated carbocycles. The summed E-state index contributed by atoms with van der Waals surface area (Å²) in [4.78, 5) is 0. The largest absolute Gasteiger partial charge is 0.496 e. The normalized spacial score (nSPS) is 11.7. The van der Waals surface area contributed by atoms with Crippen LogP contribution in [0.3, 0.4) is 0 Å². The molecule has 4 heteroatoms. The van der Waals surface area contributed by atoms with Crippen molar-refractivity contribution in [3.8, 4) is 17.1 Å². The van der Waals surface area contributed by atoms with Gasteiger partial charge in [-0.15, -0.1) is 0 Å². The lowest BCUT2D eigenvalue weighted by Gasteiger charge is -2.23. The van der Waals surface area contributed by atoms with Gasteiger partial charge in [0.05, 0.1) is 12.8 Å². The van der Waals surface area contributed by atoms with Gasteiger partial charge < -0.3 is 15.0 Å². The molecule has 20 heavy (non-hydrogen) atoms. The molecular weight excluding hydrogens is 252 g/mol. The molecule has 1 aromatic heterocycles. The summed E-state index contributed by atoms with van der Waals surface area (Å²) in [5.41, 5.74) is 9.60. The molecule has 0 bridgehead atoms. The third-order valence-electron chi connectivity index (χ3n) is 3.39. The number of ether oxygens (including phenoxy) is 1. The molecule has 0 fully saturated rings. The van der Waals surface area contributed by atoms with E-state index in [4.69, 9.17) is 15.0 Å². The van der Waals surface area contributed by atoms with Gasteiger partial charge in [-0.05, 0) is 30.0 Å². The number of methoxy groups -OCH3 is 1. The molecular formula is C16H22N2O2. The second-order valence-electron chi connectivity index (χ2n) is 6.00. The second kappa shape index (κ2) is 5.29. The van der Waals surface area contributed by atoms with Crippen molar-refractivity contribution in [1.82, 2.24) is 5.16 Å². The van der Waals surface area contributed by atoms with Crippen molar-refractivity contribution in [2.24, 2.45) is 5.73 Å². The number of aryl methyl sites for hydroxylation is 1. The van der Waals surface area contributed by atoms with Gasteiger partial charge in [0.25, 0.3) is 0 Å². The smallest absolute Gasteiger partial charge is 0.167 e. The molecule has 4 nitrogen and oxygen atoms in total. The van der Waals surface area contributed by atoms with Gasteiger partial charge in [0.2, 0.25) is 0 Å². The Morgan fingerprint density at radius 1 is 1.25 bits per heavy atom. The zero-order chi connectivity index (χ0) is 14.9. The van der Waals surface area contributed by atoms with E-state index < -0.39 is 0 Å². The first-order valence-corrected chi connectivity index (χ1v) is 6.72. The van der Waals surface area contributed by atoms with Crippen molar-refractivity contribution in [3.63, 3.8) is 0 Å². The fourth-order valence-electron chi connectivity index (χ4n) is 2.24. The number of nitrogens with two attached hydrogens (primary N) is 1. The Balaban J connectivity index is 2.59. The number of nitrogens with zero attached hydrogens (tertiary/aromatic N) is 1. The van der Waals surface area contributed by atoms with Crippen LogP contribution < -0.4 is 10.5 Å². The average Bonchev–Trinajstić information content (AvgIpc) is 2.85. The molecule has 0 spiro atoms. The van der Waals surface area contributed by atoms with Gasteiger partial charge >= 0.3 is 0 Å². The standard InChI is InChI=1S/C16H22N2O2/c1-10-6-15(19-5)13(16(2,3)4)8-12(10)14-7-11(9-17)18-20-14/h6-8H,9,17H2,1-5H3. The molecule has 0 unspecified atom stereocenters. The zero-order valence-electron chi connectivity index (χ0n) is 12.8. The maximum absolute atomic E-state index is 5.58. The number of aromatic nitrogens is 1. The van der Waals surface area contributed by atoms with Gasteiger partial charge in [0, 0.05) is 23.7 Å². The third kappa shape index (κ3) is 2.70. The van der Waals surface area contributed by atoms with Crippen LogP contribution >= 0.6 is 0 Å². The van der Waals surface area contributed by atoms with Gasteiger partial charge in [0.1, 0.15) is 5.75 Å². The van der Waals surface area contributed by atoms with Crippen LogP contribution in [-0.2, 0) is 12.0 Å². The third-order valence-corrected chi connectivity index (χ3v) is 3.39. The summed E-state index contributed by atoms with van der Waals surface area (Å²) < 4.78 is 10.9. The number of rotatable bonds is 3. The highest BCUT2D eigenvalue weighted by atomic mass is 16.5. The Morgan fingerprint density at radius 2 is 1.95 bits per heavy atom. The summed E-state index contributed by atoms with van der Waals surface area (Å²) in [6.07, 6.45) is 0. The SMILES string of the molecule is COc1cc(C)c(-c2cc(CN)no2)cc1C(C)(C)C. The average molecular weight is 274 g/mol. The fourth-order valence-corrected chi connectivity index (χ4v) is 2.24. The Kier molecular flexibility index (Phi) is 3.86. The van der Waals surface area contributed by atoms with Crippen LogP contribution in [0.5, 0.6) is 5.75 Å². The molecule has 0 aliphatic heterocycles. The molecule has 108 valence electrons. The molecule has 0 amide bonds. The van der Waals surface area contributed by atoms with E-state index in [1.807, 2.05) is 19.1 Å². The topological polar surface area (TPSA) is 61.3 Å². The molecule has 0 saturated heterocycles. The summed E-state index contributed by atoms with van der Waals surface area (Å²) in [5, 5.41) is 3.96. The molecule has 2 rings (SSSR count). The summed E-state index contributed by atoms with van der Waals surface area (Å²) in [6, 6.07) is 6.05. The van der Waals surface area contributed by atoms with Crippen LogP contribution in [0.2, 0.25) is 0 Å². The van der Waals surface area contributed by atoms with Gasteiger partial charge in [-0.25, -0.2) is 0 Å². The van der Waals surface area contributed by atoms with Crippen LogP contribution in [-0.4, -0.2) is 12.3 Å². The number of hydrogen-bond donors (Lipinski definition) is 1. The first-order valence-electron chi connectivity index (χ1n) is 6.72. The number of benzene rings is 1. The minimum Gasteiger partial charge on any atom is -0.496 e. The van der Waals surface area contributed by atoms with Crippen molar-refractivity contribution in [2.75, 3.05) is 7.11 Å².